The van der Waals surface area contributed by atoms with Crippen LogP contribution in [0.15, 0.2) is 85.1 Å². The third kappa shape index (κ3) is 67.3. The molecule has 0 heterocycles. The Labute approximate surface area is 503 Å². The lowest BCUT2D eigenvalue weighted by Gasteiger charge is -2.18. The number of ether oxygens (including phenoxy) is 3. The molecule has 6 heteroatoms. The Morgan fingerprint density at radius 1 is 0.259 bits per heavy atom. The van der Waals surface area contributed by atoms with Gasteiger partial charge in [-0.15, -0.1) is 0 Å². The first kappa shape index (κ1) is 77.6. The molecule has 0 fully saturated rings. The van der Waals surface area contributed by atoms with Crippen LogP contribution in [-0.2, 0) is 28.6 Å². The fourth-order valence-corrected chi connectivity index (χ4v) is 10.1. The summed E-state index contributed by atoms with van der Waals surface area (Å²) in [6, 6.07) is 0. The van der Waals surface area contributed by atoms with E-state index in [1.165, 1.54) is 212 Å². The molecule has 81 heavy (non-hydrogen) atoms. The Morgan fingerprint density at radius 2 is 0.494 bits per heavy atom. The van der Waals surface area contributed by atoms with Gasteiger partial charge >= 0.3 is 17.9 Å². The van der Waals surface area contributed by atoms with Crippen molar-refractivity contribution >= 4 is 17.9 Å². The van der Waals surface area contributed by atoms with Crippen molar-refractivity contribution in [2.75, 3.05) is 13.2 Å². The summed E-state index contributed by atoms with van der Waals surface area (Å²) < 4.78 is 16.9. The summed E-state index contributed by atoms with van der Waals surface area (Å²) in [5.74, 6) is -0.879. The van der Waals surface area contributed by atoms with Gasteiger partial charge in [-0.05, 0) is 109 Å². The molecule has 0 aliphatic heterocycles. The van der Waals surface area contributed by atoms with Gasteiger partial charge in [-0.2, -0.15) is 0 Å². The Hall–Kier alpha value is -3.41. The maximum absolute atomic E-state index is 12.9. The molecule has 0 aliphatic rings. The first-order valence-corrected chi connectivity index (χ1v) is 35.1. The number of rotatable bonds is 64. The fraction of sp³-hybridized carbons (Fsp3) is 0.773. The number of carbonyl (C=O) groups is 3. The van der Waals surface area contributed by atoms with E-state index in [2.05, 4.69) is 106 Å². The molecule has 0 aromatic heterocycles. The van der Waals surface area contributed by atoms with E-state index in [9.17, 15) is 14.4 Å². The van der Waals surface area contributed by atoms with Gasteiger partial charge in [0, 0.05) is 19.3 Å². The summed E-state index contributed by atoms with van der Waals surface area (Å²) in [5, 5.41) is 0. The topological polar surface area (TPSA) is 78.9 Å². The number of esters is 3. The number of hydrogen-bond donors (Lipinski definition) is 0. The lowest BCUT2D eigenvalue weighted by Crippen LogP contribution is -2.30. The number of allylic oxidation sites excluding steroid dienone is 14. The number of carbonyl (C=O) groups excluding carboxylic acids is 3. The van der Waals surface area contributed by atoms with Gasteiger partial charge in [0.1, 0.15) is 13.2 Å². The van der Waals surface area contributed by atoms with E-state index in [1.54, 1.807) is 0 Å². The quantitative estimate of drug-likeness (QED) is 0.0261. The van der Waals surface area contributed by atoms with Crippen molar-refractivity contribution in [3.8, 4) is 0 Å². The van der Waals surface area contributed by atoms with Crippen LogP contribution in [0, 0.1) is 0 Å². The Balaban J connectivity index is 4.07. The van der Waals surface area contributed by atoms with Crippen molar-refractivity contribution in [2.24, 2.45) is 0 Å². The third-order valence-electron chi connectivity index (χ3n) is 15.4. The monoisotopic (exact) mass is 1130 g/mol. The molecule has 0 saturated heterocycles. The van der Waals surface area contributed by atoms with Crippen molar-refractivity contribution in [1.82, 2.24) is 0 Å². The minimum Gasteiger partial charge on any atom is -0.462 e. The van der Waals surface area contributed by atoms with Gasteiger partial charge in [0.2, 0.25) is 0 Å². The van der Waals surface area contributed by atoms with Gasteiger partial charge in [0.05, 0.1) is 0 Å². The predicted molar refractivity (Wildman–Crippen MR) is 353 cm³/mol. The van der Waals surface area contributed by atoms with E-state index in [0.29, 0.717) is 19.3 Å². The predicted octanol–water partition coefficient (Wildman–Crippen LogP) is 24.2. The van der Waals surface area contributed by atoms with Crippen LogP contribution < -0.4 is 0 Å². The molecule has 0 aromatic rings. The van der Waals surface area contributed by atoms with Crippen LogP contribution in [0.5, 0.6) is 0 Å². The first-order valence-electron chi connectivity index (χ1n) is 35.1. The zero-order chi connectivity index (χ0) is 58.5. The molecule has 0 saturated carbocycles. The maximum atomic E-state index is 12.9. The second-order valence-corrected chi connectivity index (χ2v) is 23.4. The minimum atomic E-state index is -0.782. The highest BCUT2D eigenvalue weighted by atomic mass is 16.6. The molecular weight excluding hydrogens is 997 g/mol. The summed E-state index contributed by atoms with van der Waals surface area (Å²) >= 11 is 0. The zero-order valence-corrected chi connectivity index (χ0v) is 53.8. The average Bonchev–Trinajstić information content (AvgIpc) is 3.47. The second-order valence-electron chi connectivity index (χ2n) is 23.4. The van der Waals surface area contributed by atoms with Crippen molar-refractivity contribution in [3.63, 3.8) is 0 Å². The summed E-state index contributed by atoms with van der Waals surface area (Å²) in [7, 11) is 0. The SMILES string of the molecule is CC/C=C\C/C=C\C/C=C\C/C=C\CCCCCCCCCCCCCCCCCCCCCCCCC(=O)OCC(COC(=O)CCCCCCC/C=C\CCCC)OC(=O)CCCCCCCCC/C=C\C/C=C\CCCCC. The highest BCUT2D eigenvalue weighted by Crippen LogP contribution is 2.18. The van der Waals surface area contributed by atoms with Gasteiger partial charge in [0.15, 0.2) is 6.10 Å². The largest absolute Gasteiger partial charge is 0.462 e. The zero-order valence-electron chi connectivity index (χ0n) is 53.8. The summed E-state index contributed by atoms with van der Waals surface area (Å²) in [6.45, 7) is 6.49. The van der Waals surface area contributed by atoms with E-state index in [0.717, 1.165) is 103 Å². The Bertz CT molecular complexity index is 1530. The molecule has 0 spiro atoms. The molecule has 1 unspecified atom stereocenters. The Morgan fingerprint density at radius 3 is 0.802 bits per heavy atom. The highest BCUT2D eigenvalue weighted by Gasteiger charge is 2.19. The standard InChI is InChI=1S/C75H132O6/c1-4-7-10-13-16-19-22-24-26-28-29-30-31-32-33-34-35-36-37-38-39-40-41-42-43-44-45-47-48-50-53-56-59-62-65-68-74(77)80-71-72(70-79-73(76)67-64-61-58-55-52-21-18-15-12-9-6-3)81-75(78)69-66-63-60-57-54-51-49-46-27-25-23-20-17-14-11-8-5-2/h7,10,15-20,24-27,29-30,72H,4-6,8-9,11-14,21-23,28,31-71H2,1-3H3/b10-7-,18-15-,19-16-,20-17-,26-24-,27-25-,30-29-. The second kappa shape index (κ2) is 69.1. The van der Waals surface area contributed by atoms with E-state index >= 15 is 0 Å². The molecule has 0 aliphatic carbocycles. The number of unbranched alkanes of at least 4 members (excludes halogenated alkanes) is 39. The lowest BCUT2D eigenvalue weighted by molar-refractivity contribution is -0.167. The van der Waals surface area contributed by atoms with E-state index in [1.807, 2.05) is 0 Å². The molecule has 0 radical (unpaired) electrons. The molecule has 0 aromatic carbocycles. The number of hydrogen-bond acceptors (Lipinski definition) is 6. The molecule has 0 amide bonds. The maximum Gasteiger partial charge on any atom is 0.306 e. The molecule has 468 valence electrons. The highest BCUT2D eigenvalue weighted by molar-refractivity contribution is 5.71. The van der Waals surface area contributed by atoms with Crippen LogP contribution in [0.25, 0.3) is 0 Å². The van der Waals surface area contributed by atoms with Gasteiger partial charge < -0.3 is 14.2 Å². The summed E-state index contributed by atoms with van der Waals surface area (Å²) in [5.41, 5.74) is 0. The van der Waals surface area contributed by atoms with Crippen molar-refractivity contribution in [2.45, 2.75) is 361 Å². The average molecular weight is 1130 g/mol. The van der Waals surface area contributed by atoms with Gasteiger partial charge in [0.25, 0.3) is 0 Å². The molecule has 1 atom stereocenters. The Kier molecular flexibility index (Phi) is 66.2. The molecule has 0 rings (SSSR count). The molecular formula is C75H132O6. The van der Waals surface area contributed by atoms with Crippen molar-refractivity contribution < 1.29 is 28.6 Å². The fourth-order valence-electron chi connectivity index (χ4n) is 10.1. The summed E-state index contributed by atoms with van der Waals surface area (Å²) in [4.78, 5) is 38.3. The first-order chi connectivity index (χ1) is 40.0. The van der Waals surface area contributed by atoms with Crippen molar-refractivity contribution in [3.05, 3.63) is 85.1 Å². The van der Waals surface area contributed by atoms with Crippen LogP contribution in [0.2, 0.25) is 0 Å². The summed E-state index contributed by atoms with van der Waals surface area (Å²) in [6.07, 6.45) is 92.0. The van der Waals surface area contributed by atoms with Crippen LogP contribution in [0.3, 0.4) is 0 Å². The molecule has 0 N–H and O–H groups in total. The van der Waals surface area contributed by atoms with Gasteiger partial charge in [-0.3, -0.25) is 14.4 Å². The van der Waals surface area contributed by atoms with Crippen LogP contribution >= 0.6 is 0 Å². The molecule has 0 bridgehead atoms. The van der Waals surface area contributed by atoms with Gasteiger partial charge in [-0.1, -0.05) is 311 Å². The van der Waals surface area contributed by atoms with E-state index < -0.39 is 6.10 Å². The molecule has 6 nitrogen and oxygen atoms in total. The van der Waals surface area contributed by atoms with Crippen LogP contribution in [0.1, 0.15) is 355 Å². The lowest BCUT2D eigenvalue weighted by atomic mass is 10.0. The third-order valence-corrected chi connectivity index (χ3v) is 15.4. The van der Waals surface area contributed by atoms with Crippen LogP contribution in [0.4, 0.5) is 0 Å². The normalized spacial score (nSPS) is 12.6. The van der Waals surface area contributed by atoms with Crippen LogP contribution in [-0.4, -0.2) is 37.2 Å². The van der Waals surface area contributed by atoms with Gasteiger partial charge in [-0.25, -0.2) is 0 Å². The minimum absolute atomic E-state index is 0.0778. The van der Waals surface area contributed by atoms with Crippen molar-refractivity contribution in [1.29, 1.82) is 0 Å². The van der Waals surface area contributed by atoms with E-state index in [4.69, 9.17) is 14.2 Å². The van der Waals surface area contributed by atoms with E-state index in [-0.39, 0.29) is 31.1 Å². The smallest absolute Gasteiger partial charge is 0.306 e.